The number of hydrogen-bond acceptors (Lipinski definition) is 4. The molecule has 5 nitrogen and oxygen atoms in total. The Morgan fingerprint density at radius 2 is 2.22 bits per heavy atom. The van der Waals surface area contributed by atoms with Crippen molar-refractivity contribution in [2.75, 3.05) is 0 Å². The SMILES string of the molecule is CC(C)(C)C(Cc1nc(-c2cccnc2F)c(Br)s1)NC(=O)O. The van der Waals surface area contributed by atoms with Gasteiger partial charge in [0, 0.05) is 18.7 Å². The summed E-state index contributed by atoms with van der Waals surface area (Å²) in [5.41, 5.74) is 0.537. The molecule has 0 saturated carbocycles. The highest BCUT2D eigenvalue weighted by atomic mass is 79.9. The number of hydrogen-bond donors (Lipinski definition) is 2. The average Bonchev–Trinajstić information content (AvgIpc) is 2.78. The van der Waals surface area contributed by atoms with Gasteiger partial charge in [-0.15, -0.1) is 11.3 Å². The van der Waals surface area contributed by atoms with Crippen LogP contribution in [0.25, 0.3) is 11.3 Å². The lowest BCUT2D eigenvalue weighted by Crippen LogP contribution is -2.44. The molecule has 2 rings (SSSR count). The van der Waals surface area contributed by atoms with Crippen LogP contribution >= 0.6 is 27.3 Å². The third kappa shape index (κ3) is 4.48. The van der Waals surface area contributed by atoms with E-state index in [-0.39, 0.29) is 11.5 Å². The molecule has 0 aliphatic carbocycles. The molecule has 1 unspecified atom stereocenters. The minimum absolute atomic E-state index is 0.268. The number of nitrogens with one attached hydrogen (secondary N) is 1. The molecule has 1 atom stereocenters. The number of thiazole rings is 1. The Bertz CT molecular complexity index is 715. The van der Waals surface area contributed by atoms with Crippen LogP contribution in [-0.4, -0.2) is 27.2 Å². The largest absolute Gasteiger partial charge is 0.465 e. The zero-order chi connectivity index (χ0) is 17.2. The van der Waals surface area contributed by atoms with Crippen LogP contribution in [0.5, 0.6) is 0 Å². The maximum atomic E-state index is 13.8. The van der Waals surface area contributed by atoms with Gasteiger partial charge in [0.1, 0.15) is 5.69 Å². The second-order valence-corrected chi connectivity index (χ2v) is 8.55. The molecule has 124 valence electrons. The summed E-state index contributed by atoms with van der Waals surface area (Å²) in [6.07, 6.45) is 0.743. The van der Waals surface area contributed by atoms with Crippen LogP contribution in [0, 0.1) is 11.4 Å². The summed E-state index contributed by atoms with van der Waals surface area (Å²) in [5, 5.41) is 12.3. The van der Waals surface area contributed by atoms with Gasteiger partial charge in [-0.25, -0.2) is 14.8 Å². The van der Waals surface area contributed by atoms with Crippen LogP contribution in [-0.2, 0) is 6.42 Å². The molecule has 0 radical (unpaired) electrons. The number of carboxylic acid groups (broad SMARTS) is 1. The standard InChI is InChI=1S/C15H17BrFN3O2S/c1-15(2,3)9(19-14(21)22)7-10-20-11(12(16)23-10)8-5-4-6-18-13(8)17/h4-6,9,19H,7H2,1-3H3,(H,21,22). The van der Waals surface area contributed by atoms with Crippen molar-refractivity contribution in [1.29, 1.82) is 0 Å². The molecule has 2 heterocycles. The van der Waals surface area contributed by atoms with Gasteiger partial charge in [0.25, 0.3) is 0 Å². The molecule has 8 heteroatoms. The predicted molar refractivity (Wildman–Crippen MR) is 91.1 cm³/mol. The van der Waals surface area contributed by atoms with E-state index in [1.54, 1.807) is 12.1 Å². The maximum absolute atomic E-state index is 13.8. The van der Waals surface area contributed by atoms with Crippen molar-refractivity contribution < 1.29 is 14.3 Å². The number of pyridine rings is 1. The van der Waals surface area contributed by atoms with E-state index in [4.69, 9.17) is 5.11 Å². The molecule has 0 bridgehead atoms. The van der Waals surface area contributed by atoms with Crippen LogP contribution in [0.1, 0.15) is 25.8 Å². The van der Waals surface area contributed by atoms with Crippen LogP contribution in [0.15, 0.2) is 22.1 Å². The predicted octanol–water partition coefficient (Wildman–Crippen LogP) is 4.33. The number of rotatable bonds is 4. The first-order chi connectivity index (χ1) is 10.7. The molecule has 2 N–H and O–H groups in total. The van der Waals surface area contributed by atoms with Gasteiger partial charge in [0.15, 0.2) is 0 Å². The lowest BCUT2D eigenvalue weighted by molar-refractivity contribution is 0.174. The number of carbonyl (C=O) groups is 1. The van der Waals surface area contributed by atoms with E-state index in [1.165, 1.54) is 17.5 Å². The third-order valence-electron chi connectivity index (χ3n) is 3.37. The number of nitrogens with zero attached hydrogens (tertiary/aromatic N) is 2. The molecule has 0 aromatic carbocycles. The van der Waals surface area contributed by atoms with Crippen molar-refractivity contribution >= 4 is 33.4 Å². The van der Waals surface area contributed by atoms with Gasteiger partial charge in [0.05, 0.1) is 14.4 Å². The molecule has 0 aliphatic heterocycles. The second kappa shape index (κ2) is 6.92. The quantitative estimate of drug-likeness (QED) is 0.747. The molecular formula is C15H17BrFN3O2S. The van der Waals surface area contributed by atoms with E-state index in [0.717, 1.165) is 5.01 Å². The Balaban J connectivity index is 2.30. The van der Waals surface area contributed by atoms with Crippen molar-refractivity contribution in [2.24, 2.45) is 5.41 Å². The minimum atomic E-state index is -1.07. The molecule has 1 amide bonds. The minimum Gasteiger partial charge on any atom is -0.465 e. The monoisotopic (exact) mass is 401 g/mol. The zero-order valence-corrected chi connectivity index (χ0v) is 15.3. The summed E-state index contributed by atoms with van der Waals surface area (Å²) >= 11 is 4.77. The zero-order valence-electron chi connectivity index (χ0n) is 12.9. The fourth-order valence-electron chi connectivity index (χ4n) is 2.06. The van der Waals surface area contributed by atoms with Crippen LogP contribution in [0.4, 0.5) is 9.18 Å². The second-order valence-electron chi connectivity index (χ2n) is 6.14. The van der Waals surface area contributed by atoms with Crippen LogP contribution < -0.4 is 5.32 Å². The van der Waals surface area contributed by atoms with E-state index >= 15 is 0 Å². The third-order valence-corrected chi connectivity index (χ3v) is 5.09. The lowest BCUT2D eigenvalue weighted by Gasteiger charge is -2.29. The van der Waals surface area contributed by atoms with Gasteiger partial charge >= 0.3 is 6.09 Å². The van der Waals surface area contributed by atoms with Crippen LogP contribution in [0.3, 0.4) is 0 Å². The fourth-order valence-corrected chi connectivity index (χ4v) is 3.77. The summed E-state index contributed by atoms with van der Waals surface area (Å²) < 4.78 is 14.5. The Morgan fingerprint density at radius 3 is 2.78 bits per heavy atom. The smallest absolute Gasteiger partial charge is 0.404 e. The summed E-state index contributed by atoms with van der Waals surface area (Å²) in [7, 11) is 0. The molecule has 2 aromatic heterocycles. The normalized spacial score (nSPS) is 12.9. The van der Waals surface area contributed by atoms with Crippen molar-refractivity contribution in [1.82, 2.24) is 15.3 Å². The number of amides is 1. The first-order valence-electron chi connectivity index (χ1n) is 6.94. The molecule has 23 heavy (non-hydrogen) atoms. The van der Waals surface area contributed by atoms with Crippen LogP contribution in [0.2, 0.25) is 0 Å². The molecule has 2 aromatic rings. The van der Waals surface area contributed by atoms with Gasteiger partial charge in [0.2, 0.25) is 5.95 Å². The van der Waals surface area contributed by atoms with Gasteiger partial charge < -0.3 is 10.4 Å². The Morgan fingerprint density at radius 1 is 1.52 bits per heavy atom. The summed E-state index contributed by atoms with van der Waals surface area (Å²) in [6, 6.07) is 2.96. The summed E-state index contributed by atoms with van der Waals surface area (Å²) in [5.74, 6) is -0.582. The number of aromatic nitrogens is 2. The topological polar surface area (TPSA) is 75.1 Å². The van der Waals surface area contributed by atoms with E-state index in [1.807, 2.05) is 20.8 Å². The Labute approximate surface area is 146 Å². The molecule has 0 spiro atoms. The highest BCUT2D eigenvalue weighted by molar-refractivity contribution is 9.11. The highest BCUT2D eigenvalue weighted by Crippen LogP contribution is 2.35. The van der Waals surface area contributed by atoms with E-state index < -0.39 is 12.0 Å². The first kappa shape index (κ1) is 17.8. The van der Waals surface area contributed by atoms with Gasteiger partial charge in [-0.3, -0.25) is 0 Å². The molecule has 0 fully saturated rings. The molecular weight excluding hydrogens is 385 g/mol. The van der Waals surface area contributed by atoms with Gasteiger partial charge in [-0.2, -0.15) is 4.39 Å². The van der Waals surface area contributed by atoms with Crippen molar-refractivity contribution in [3.05, 3.63) is 33.1 Å². The van der Waals surface area contributed by atoms with E-state index in [0.29, 0.717) is 21.5 Å². The molecule has 0 aliphatic rings. The highest BCUT2D eigenvalue weighted by Gasteiger charge is 2.28. The van der Waals surface area contributed by atoms with Crippen molar-refractivity contribution in [3.63, 3.8) is 0 Å². The summed E-state index contributed by atoms with van der Waals surface area (Å²) in [6.45, 7) is 5.87. The van der Waals surface area contributed by atoms with Gasteiger partial charge in [-0.05, 0) is 33.5 Å². The van der Waals surface area contributed by atoms with Gasteiger partial charge in [-0.1, -0.05) is 20.8 Å². The summed E-state index contributed by atoms with van der Waals surface area (Å²) in [4.78, 5) is 19.1. The fraction of sp³-hybridized carbons (Fsp3) is 0.400. The number of halogens is 2. The lowest BCUT2D eigenvalue weighted by atomic mass is 9.85. The van der Waals surface area contributed by atoms with Crippen molar-refractivity contribution in [2.45, 2.75) is 33.2 Å². The van der Waals surface area contributed by atoms with E-state index in [9.17, 15) is 9.18 Å². The first-order valence-corrected chi connectivity index (χ1v) is 8.55. The van der Waals surface area contributed by atoms with Crippen molar-refractivity contribution in [3.8, 4) is 11.3 Å². The average molecular weight is 402 g/mol. The van der Waals surface area contributed by atoms with E-state index in [2.05, 4.69) is 31.2 Å². The maximum Gasteiger partial charge on any atom is 0.404 e. The molecule has 0 saturated heterocycles. The Hall–Kier alpha value is -1.54. The Kier molecular flexibility index (Phi) is 5.36.